The molecular weight excluding hydrogens is 302 g/mol. The summed E-state index contributed by atoms with van der Waals surface area (Å²) in [4.78, 5) is 11.9. The van der Waals surface area contributed by atoms with Crippen LogP contribution >= 0.6 is 0 Å². The van der Waals surface area contributed by atoms with Crippen LogP contribution in [0.2, 0.25) is 0 Å². The Morgan fingerprint density at radius 1 is 1.35 bits per heavy atom. The van der Waals surface area contributed by atoms with Crippen LogP contribution in [-0.4, -0.2) is 18.1 Å². The van der Waals surface area contributed by atoms with E-state index in [1.165, 1.54) is 6.07 Å². The van der Waals surface area contributed by atoms with Gasteiger partial charge in [-0.3, -0.25) is 4.79 Å². The number of amides is 1. The van der Waals surface area contributed by atoms with Crippen LogP contribution in [-0.2, 0) is 4.79 Å². The van der Waals surface area contributed by atoms with E-state index >= 15 is 0 Å². The molecule has 0 saturated carbocycles. The number of carbonyl (C=O) groups is 1. The Kier molecular flexibility index (Phi) is 4.80. The number of nitrogens with zero attached hydrogens (tertiary/aromatic N) is 1. The average Bonchev–Trinajstić information content (AvgIpc) is 2.44. The summed E-state index contributed by atoms with van der Waals surface area (Å²) in [5.74, 6) is -0.391. The molecule has 0 fully saturated rings. The summed E-state index contributed by atoms with van der Waals surface area (Å²) in [6.45, 7) is 0.777. The van der Waals surface area contributed by atoms with Crippen LogP contribution in [0.4, 0.5) is 8.78 Å². The molecule has 2 rings (SSSR count). The Balaban J connectivity index is 2.36. The SMILES string of the molecule is CC1(C)CC(/C=C/c2ccccc2OC(F)F)=C(C#N)C(=O)N1. The van der Waals surface area contributed by atoms with Crippen molar-refractivity contribution in [3.8, 4) is 11.8 Å². The molecule has 1 heterocycles. The second-order valence-electron chi connectivity index (χ2n) is 5.78. The molecule has 0 aliphatic carbocycles. The van der Waals surface area contributed by atoms with Gasteiger partial charge in [0.15, 0.2) is 0 Å². The van der Waals surface area contributed by atoms with Crippen LogP contribution in [0.1, 0.15) is 25.8 Å². The molecule has 0 atom stereocenters. The van der Waals surface area contributed by atoms with Crippen molar-refractivity contribution in [3.05, 3.63) is 47.1 Å². The average molecular weight is 318 g/mol. The fraction of sp³-hybridized carbons (Fsp3) is 0.294. The second kappa shape index (κ2) is 6.61. The molecule has 0 saturated heterocycles. The number of hydrogen-bond donors (Lipinski definition) is 1. The highest BCUT2D eigenvalue weighted by atomic mass is 19.3. The molecule has 23 heavy (non-hydrogen) atoms. The van der Waals surface area contributed by atoms with Gasteiger partial charge in [0.1, 0.15) is 17.4 Å². The Bertz CT molecular complexity index is 716. The van der Waals surface area contributed by atoms with E-state index in [4.69, 9.17) is 5.26 Å². The zero-order valence-corrected chi connectivity index (χ0v) is 12.8. The van der Waals surface area contributed by atoms with Crippen LogP contribution < -0.4 is 10.1 Å². The topological polar surface area (TPSA) is 62.1 Å². The highest BCUT2D eigenvalue weighted by Gasteiger charge is 2.30. The van der Waals surface area contributed by atoms with Crippen molar-refractivity contribution in [2.45, 2.75) is 32.4 Å². The van der Waals surface area contributed by atoms with E-state index in [0.717, 1.165) is 0 Å². The predicted octanol–water partition coefficient (Wildman–Crippen LogP) is 3.42. The third-order valence-electron chi connectivity index (χ3n) is 3.34. The summed E-state index contributed by atoms with van der Waals surface area (Å²) in [5, 5.41) is 11.9. The van der Waals surface area contributed by atoms with E-state index in [9.17, 15) is 13.6 Å². The lowest BCUT2D eigenvalue weighted by molar-refractivity contribution is -0.119. The van der Waals surface area contributed by atoms with E-state index < -0.39 is 18.1 Å². The van der Waals surface area contributed by atoms with Crippen molar-refractivity contribution in [2.24, 2.45) is 0 Å². The van der Waals surface area contributed by atoms with E-state index in [0.29, 0.717) is 17.6 Å². The minimum absolute atomic E-state index is 0.0350. The maximum absolute atomic E-state index is 12.4. The van der Waals surface area contributed by atoms with Crippen molar-refractivity contribution in [1.82, 2.24) is 5.32 Å². The van der Waals surface area contributed by atoms with Crippen molar-refractivity contribution >= 4 is 12.0 Å². The number of benzene rings is 1. The first kappa shape index (κ1) is 16.7. The van der Waals surface area contributed by atoms with Crippen molar-refractivity contribution in [3.63, 3.8) is 0 Å². The standard InChI is InChI=1S/C17H16F2N2O2/c1-17(2)9-12(13(10-20)15(22)21-17)8-7-11-5-3-4-6-14(11)23-16(18)19/h3-8,16H,9H2,1-2H3,(H,21,22)/b8-7+. The van der Waals surface area contributed by atoms with Gasteiger partial charge < -0.3 is 10.1 Å². The molecule has 0 spiro atoms. The van der Waals surface area contributed by atoms with E-state index in [-0.39, 0.29) is 11.3 Å². The molecule has 1 aliphatic rings. The minimum Gasteiger partial charge on any atom is -0.434 e. The summed E-state index contributed by atoms with van der Waals surface area (Å²) in [6.07, 6.45) is 3.64. The lowest BCUT2D eigenvalue weighted by Crippen LogP contribution is -2.47. The lowest BCUT2D eigenvalue weighted by atomic mass is 9.87. The quantitative estimate of drug-likeness (QED) is 0.925. The summed E-state index contributed by atoms with van der Waals surface area (Å²) in [7, 11) is 0. The van der Waals surface area contributed by atoms with Crippen LogP contribution in [0.25, 0.3) is 6.08 Å². The highest BCUT2D eigenvalue weighted by Crippen LogP contribution is 2.28. The third kappa shape index (κ3) is 4.16. The number of rotatable bonds is 4. The smallest absolute Gasteiger partial charge is 0.387 e. The Morgan fingerprint density at radius 2 is 2.04 bits per heavy atom. The Morgan fingerprint density at radius 3 is 2.70 bits per heavy atom. The number of allylic oxidation sites excluding steroid dienone is 1. The summed E-state index contributed by atoms with van der Waals surface area (Å²) in [6, 6.07) is 8.22. The maximum Gasteiger partial charge on any atom is 0.387 e. The predicted molar refractivity (Wildman–Crippen MR) is 81.6 cm³/mol. The molecular formula is C17H16F2N2O2. The van der Waals surface area contributed by atoms with E-state index in [2.05, 4.69) is 10.1 Å². The van der Waals surface area contributed by atoms with Gasteiger partial charge in [0.25, 0.3) is 5.91 Å². The molecule has 1 aromatic carbocycles. The molecule has 1 aliphatic heterocycles. The maximum atomic E-state index is 12.4. The molecule has 4 nitrogen and oxygen atoms in total. The van der Waals surface area contributed by atoms with Gasteiger partial charge >= 0.3 is 6.61 Å². The zero-order valence-electron chi connectivity index (χ0n) is 12.8. The molecule has 0 unspecified atom stereocenters. The Labute approximate surface area is 133 Å². The number of nitrogens with one attached hydrogen (secondary N) is 1. The summed E-state index contributed by atoms with van der Waals surface area (Å²) >= 11 is 0. The van der Waals surface area contributed by atoms with Crippen molar-refractivity contribution < 1.29 is 18.3 Å². The van der Waals surface area contributed by atoms with Crippen LogP contribution in [0.3, 0.4) is 0 Å². The van der Waals surface area contributed by atoms with Gasteiger partial charge in [-0.25, -0.2) is 0 Å². The highest BCUT2D eigenvalue weighted by molar-refractivity contribution is 6.00. The van der Waals surface area contributed by atoms with Gasteiger partial charge in [-0.15, -0.1) is 0 Å². The normalized spacial score (nSPS) is 17.3. The third-order valence-corrected chi connectivity index (χ3v) is 3.34. The number of halogens is 2. The number of carbonyl (C=O) groups excluding carboxylic acids is 1. The largest absolute Gasteiger partial charge is 0.434 e. The molecule has 0 radical (unpaired) electrons. The second-order valence-corrected chi connectivity index (χ2v) is 5.78. The first-order valence-electron chi connectivity index (χ1n) is 7.00. The minimum atomic E-state index is -2.92. The lowest BCUT2D eigenvalue weighted by Gasteiger charge is -2.31. The Hall–Kier alpha value is -2.68. The molecule has 120 valence electrons. The van der Waals surface area contributed by atoms with Gasteiger partial charge in [0, 0.05) is 11.1 Å². The molecule has 0 bridgehead atoms. The number of para-hydroxylation sites is 1. The van der Waals surface area contributed by atoms with Gasteiger partial charge in [-0.2, -0.15) is 14.0 Å². The molecule has 6 heteroatoms. The van der Waals surface area contributed by atoms with E-state index in [1.54, 1.807) is 30.4 Å². The molecule has 1 N–H and O–H groups in total. The number of hydrogen-bond acceptors (Lipinski definition) is 3. The number of ether oxygens (including phenoxy) is 1. The van der Waals surface area contributed by atoms with Crippen LogP contribution in [0, 0.1) is 11.3 Å². The van der Waals surface area contributed by atoms with Gasteiger partial charge in [0.05, 0.1) is 0 Å². The summed E-state index contributed by atoms with van der Waals surface area (Å²) in [5.41, 5.74) is 0.568. The van der Waals surface area contributed by atoms with Crippen LogP contribution in [0.15, 0.2) is 41.5 Å². The molecule has 1 amide bonds. The fourth-order valence-corrected chi connectivity index (χ4v) is 2.40. The van der Waals surface area contributed by atoms with E-state index in [1.807, 2.05) is 19.9 Å². The monoisotopic (exact) mass is 318 g/mol. The van der Waals surface area contributed by atoms with Gasteiger partial charge in [-0.1, -0.05) is 30.4 Å². The first-order valence-corrected chi connectivity index (χ1v) is 7.00. The molecule has 0 aromatic heterocycles. The van der Waals surface area contributed by atoms with Gasteiger partial charge in [0.2, 0.25) is 0 Å². The van der Waals surface area contributed by atoms with Crippen molar-refractivity contribution in [2.75, 3.05) is 0 Å². The van der Waals surface area contributed by atoms with Crippen LogP contribution in [0.5, 0.6) is 5.75 Å². The van der Waals surface area contributed by atoms with Crippen molar-refractivity contribution in [1.29, 1.82) is 5.26 Å². The fourth-order valence-electron chi connectivity index (χ4n) is 2.40. The number of alkyl halides is 2. The molecule has 1 aromatic rings. The number of nitriles is 1. The zero-order chi connectivity index (χ0) is 17.0. The van der Waals surface area contributed by atoms with Gasteiger partial charge in [-0.05, 0) is 31.9 Å². The summed E-state index contributed by atoms with van der Waals surface area (Å²) < 4.78 is 29.3. The first-order chi connectivity index (χ1) is 10.8.